The van der Waals surface area contributed by atoms with Crippen molar-refractivity contribution in [2.75, 3.05) is 69.5 Å². The van der Waals surface area contributed by atoms with E-state index in [9.17, 15) is 0 Å². The third-order valence-corrected chi connectivity index (χ3v) is 9.60. The molecule has 3 aromatic rings. The standard InChI is InChI=1S/C30H42N6OS/c1-33(2)25-12-10-24(11-13-25)28-31-32-29(34(28)3)38-23-7-18-35-19-14-30(15-20-35)16-21-36(22-17-30)26-8-5-6-9-27(26)37-4/h5-6,8-13H,7,14-23H2,1-4H3. The molecule has 5 rings (SSSR count). The maximum absolute atomic E-state index is 5.60. The number of aromatic nitrogens is 3. The molecule has 0 aliphatic carbocycles. The lowest BCUT2D eigenvalue weighted by Gasteiger charge is -2.47. The molecule has 204 valence electrons. The quantitative estimate of drug-likeness (QED) is 0.268. The molecule has 2 saturated heterocycles. The number of benzene rings is 2. The van der Waals surface area contributed by atoms with Gasteiger partial charge in [0.1, 0.15) is 5.75 Å². The molecule has 3 heterocycles. The van der Waals surface area contributed by atoms with E-state index in [2.05, 4.69) is 99.1 Å². The fourth-order valence-electron chi connectivity index (χ4n) is 5.92. The summed E-state index contributed by atoms with van der Waals surface area (Å²) in [5.74, 6) is 2.99. The number of anilines is 2. The van der Waals surface area contributed by atoms with Gasteiger partial charge in [0.25, 0.3) is 0 Å². The highest BCUT2D eigenvalue weighted by atomic mass is 32.2. The summed E-state index contributed by atoms with van der Waals surface area (Å²) in [6, 6.07) is 16.9. The van der Waals surface area contributed by atoms with Crippen LogP contribution >= 0.6 is 11.8 Å². The number of likely N-dealkylation sites (tertiary alicyclic amines) is 1. The normalized spacial score (nSPS) is 17.6. The van der Waals surface area contributed by atoms with Gasteiger partial charge in [-0.2, -0.15) is 0 Å². The molecule has 1 spiro atoms. The lowest BCUT2D eigenvalue weighted by molar-refractivity contribution is 0.0801. The van der Waals surface area contributed by atoms with Crippen LogP contribution in [0.5, 0.6) is 5.75 Å². The minimum absolute atomic E-state index is 0.531. The zero-order valence-electron chi connectivity index (χ0n) is 23.4. The first-order chi connectivity index (χ1) is 18.5. The van der Waals surface area contributed by atoms with Gasteiger partial charge >= 0.3 is 0 Å². The van der Waals surface area contributed by atoms with Crippen molar-refractivity contribution >= 4 is 23.1 Å². The molecule has 2 aliphatic rings. The van der Waals surface area contributed by atoms with Crippen molar-refractivity contribution in [2.45, 2.75) is 37.3 Å². The Morgan fingerprint density at radius 3 is 2.29 bits per heavy atom. The van der Waals surface area contributed by atoms with Crippen LogP contribution in [-0.4, -0.2) is 79.3 Å². The molecule has 0 atom stereocenters. The third kappa shape index (κ3) is 5.96. The SMILES string of the molecule is COc1ccccc1N1CCC2(CCN(CCCSc3nnc(-c4ccc(N(C)C)cc4)n3C)CC2)CC1. The Hall–Kier alpha value is -2.71. The molecular weight excluding hydrogens is 492 g/mol. The number of para-hydroxylation sites is 2. The van der Waals surface area contributed by atoms with Crippen molar-refractivity contribution < 1.29 is 4.74 Å². The number of thioether (sulfide) groups is 1. The van der Waals surface area contributed by atoms with Crippen molar-refractivity contribution in [3.05, 3.63) is 48.5 Å². The van der Waals surface area contributed by atoms with Crippen molar-refractivity contribution in [1.82, 2.24) is 19.7 Å². The van der Waals surface area contributed by atoms with E-state index in [1.165, 1.54) is 63.1 Å². The van der Waals surface area contributed by atoms with E-state index in [0.717, 1.165) is 41.1 Å². The average molecular weight is 535 g/mol. The summed E-state index contributed by atoms with van der Waals surface area (Å²) < 4.78 is 7.73. The molecule has 0 saturated carbocycles. The summed E-state index contributed by atoms with van der Waals surface area (Å²) in [6.07, 6.45) is 6.43. The van der Waals surface area contributed by atoms with Crippen molar-refractivity contribution in [1.29, 1.82) is 0 Å². The van der Waals surface area contributed by atoms with Crippen LogP contribution in [0.25, 0.3) is 11.4 Å². The molecule has 0 radical (unpaired) electrons. The molecule has 8 heteroatoms. The van der Waals surface area contributed by atoms with Gasteiger partial charge in [0.05, 0.1) is 12.8 Å². The Kier molecular flexibility index (Phi) is 8.48. The molecular formula is C30H42N6OS. The smallest absolute Gasteiger partial charge is 0.191 e. The second-order valence-corrected chi connectivity index (χ2v) is 12.1. The van der Waals surface area contributed by atoms with Crippen molar-refractivity contribution in [3.63, 3.8) is 0 Å². The van der Waals surface area contributed by atoms with Gasteiger partial charge in [-0.15, -0.1) is 10.2 Å². The van der Waals surface area contributed by atoms with Crippen LogP contribution in [0.2, 0.25) is 0 Å². The number of hydrogen-bond acceptors (Lipinski definition) is 7. The molecule has 0 amide bonds. The Balaban J connectivity index is 1.04. The van der Waals surface area contributed by atoms with E-state index < -0.39 is 0 Å². The average Bonchev–Trinajstić information content (AvgIpc) is 3.32. The van der Waals surface area contributed by atoms with Crippen LogP contribution in [-0.2, 0) is 7.05 Å². The molecule has 2 fully saturated rings. The van der Waals surface area contributed by atoms with Crippen LogP contribution in [0.1, 0.15) is 32.1 Å². The number of hydrogen-bond donors (Lipinski definition) is 0. The van der Waals surface area contributed by atoms with Crippen LogP contribution < -0.4 is 14.5 Å². The highest BCUT2D eigenvalue weighted by Gasteiger charge is 2.37. The topological polar surface area (TPSA) is 49.7 Å². The third-order valence-electron chi connectivity index (χ3n) is 8.49. The number of nitrogens with zero attached hydrogens (tertiary/aromatic N) is 6. The minimum atomic E-state index is 0.531. The van der Waals surface area contributed by atoms with E-state index in [-0.39, 0.29) is 0 Å². The van der Waals surface area contributed by atoms with Crippen LogP contribution in [0, 0.1) is 5.41 Å². The first-order valence-electron chi connectivity index (χ1n) is 13.9. The highest BCUT2D eigenvalue weighted by Crippen LogP contribution is 2.43. The van der Waals surface area contributed by atoms with Gasteiger partial charge < -0.3 is 24.0 Å². The van der Waals surface area contributed by atoms with Crippen LogP contribution in [0.15, 0.2) is 53.7 Å². The first-order valence-corrected chi connectivity index (χ1v) is 14.9. The predicted octanol–water partition coefficient (Wildman–Crippen LogP) is 5.42. The fraction of sp³-hybridized carbons (Fsp3) is 0.533. The van der Waals surface area contributed by atoms with Gasteiger partial charge in [0.15, 0.2) is 11.0 Å². The summed E-state index contributed by atoms with van der Waals surface area (Å²) in [4.78, 5) is 7.30. The molecule has 0 N–H and O–H groups in total. The summed E-state index contributed by atoms with van der Waals surface area (Å²) in [7, 11) is 7.96. The zero-order valence-corrected chi connectivity index (χ0v) is 24.2. The lowest BCUT2D eigenvalue weighted by atomic mass is 9.71. The fourth-order valence-corrected chi connectivity index (χ4v) is 6.75. The molecule has 2 aliphatic heterocycles. The molecule has 0 bridgehead atoms. The van der Waals surface area contributed by atoms with E-state index in [4.69, 9.17) is 4.74 Å². The van der Waals surface area contributed by atoms with E-state index in [1.54, 1.807) is 7.11 Å². The molecule has 2 aromatic carbocycles. The van der Waals surface area contributed by atoms with Gasteiger partial charge in [-0.05, 0) is 93.6 Å². The largest absolute Gasteiger partial charge is 0.495 e. The number of rotatable bonds is 9. The lowest BCUT2D eigenvalue weighted by Crippen LogP contribution is -2.47. The van der Waals surface area contributed by atoms with Gasteiger partial charge in [-0.3, -0.25) is 0 Å². The Morgan fingerprint density at radius 2 is 1.61 bits per heavy atom. The predicted molar refractivity (Wildman–Crippen MR) is 159 cm³/mol. The van der Waals surface area contributed by atoms with Gasteiger partial charge in [-0.1, -0.05) is 23.9 Å². The Labute approximate surface area is 232 Å². The van der Waals surface area contributed by atoms with Gasteiger partial charge in [0.2, 0.25) is 0 Å². The summed E-state index contributed by atoms with van der Waals surface area (Å²) in [6.45, 7) is 5.91. The maximum atomic E-state index is 5.60. The van der Waals surface area contributed by atoms with Crippen LogP contribution in [0.4, 0.5) is 11.4 Å². The maximum Gasteiger partial charge on any atom is 0.191 e. The Morgan fingerprint density at radius 1 is 0.921 bits per heavy atom. The molecule has 38 heavy (non-hydrogen) atoms. The van der Waals surface area contributed by atoms with Gasteiger partial charge in [-0.25, -0.2) is 0 Å². The van der Waals surface area contributed by atoms with Crippen molar-refractivity contribution in [3.8, 4) is 17.1 Å². The minimum Gasteiger partial charge on any atom is -0.495 e. The molecule has 1 aromatic heterocycles. The van der Waals surface area contributed by atoms with Crippen LogP contribution in [0.3, 0.4) is 0 Å². The number of ether oxygens (including phenoxy) is 1. The summed E-state index contributed by atoms with van der Waals surface area (Å²) in [5.41, 5.74) is 4.07. The second kappa shape index (κ2) is 12.0. The summed E-state index contributed by atoms with van der Waals surface area (Å²) in [5, 5.41) is 9.94. The zero-order chi connectivity index (χ0) is 26.5. The van der Waals surface area contributed by atoms with Gasteiger partial charge in [0, 0.05) is 51.2 Å². The number of piperidine rings is 2. The van der Waals surface area contributed by atoms with Crippen molar-refractivity contribution in [2.24, 2.45) is 12.5 Å². The molecule has 0 unspecified atom stereocenters. The molecule has 7 nitrogen and oxygen atoms in total. The number of methoxy groups -OCH3 is 1. The summed E-state index contributed by atoms with van der Waals surface area (Å²) >= 11 is 1.82. The second-order valence-electron chi connectivity index (χ2n) is 11.0. The van der Waals surface area contributed by atoms with E-state index >= 15 is 0 Å². The highest BCUT2D eigenvalue weighted by molar-refractivity contribution is 7.99. The van der Waals surface area contributed by atoms with E-state index in [0.29, 0.717) is 5.41 Å². The van der Waals surface area contributed by atoms with E-state index in [1.807, 2.05) is 11.8 Å². The monoisotopic (exact) mass is 534 g/mol. The first kappa shape index (κ1) is 26.9. The Bertz CT molecular complexity index is 1180.